The summed E-state index contributed by atoms with van der Waals surface area (Å²) in [5, 5.41) is 0. The molecule has 0 bridgehead atoms. The van der Waals surface area contributed by atoms with Gasteiger partial charge >= 0.3 is 0 Å². The second-order valence-corrected chi connectivity index (χ2v) is 5.27. The van der Waals surface area contributed by atoms with Crippen LogP contribution in [-0.4, -0.2) is 19.0 Å². The van der Waals surface area contributed by atoms with Crippen molar-refractivity contribution in [2.75, 3.05) is 13.2 Å². The van der Waals surface area contributed by atoms with Crippen LogP contribution in [0, 0.1) is 5.92 Å². The topological polar surface area (TPSA) is 26.3 Å². The molecule has 0 aromatic heterocycles. The molecule has 1 fully saturated rings. The minimum Gasteiger partial charge on any atom is -0.374 e. The van der Waals surface area contributed by atoms with E-state index in [1.54, 1.807) is 0 Å². The van der Waals surface area contributed by atoms with Crippen molar-refractivity contribution in [3.8, 4) is 0 Å². The summed E-state index contributed by atoms with van der Waals surface area (Å²) in [6, 6.07) is 0. The lowest BCUT2D eigenvalue weighted by atomic mass is 10.0. The average Bonchev–Trinajstić information content (AvgIpc) is 2.86. The highest BCUT2D eigenvalue weighted by Crippen LogP contribution is 2.25. The maximum Gasteiger partial charge on any atom is 0.161 e. The van der Waals surface area contributed by atoms with Gasteiger partial charge in [-0.2, -0.15) is 0 Å². The molecule has 0 radical (unpaired) electrons. The molecule has 0 N–H and O–H groups in total. The van der Waals surface area contributed by atoms with Crippen molar-refractivity contribution in [3.05, 3.63) is 0 Å². The SMILES string of the molecule is CCCCCCCCOCC(=O)C1CCCC1. The van der Waals surface area contributed by atoms with E-state index in [2.05, 4.69) is 6.92 Å². The second kappa shape index (κ2) is 9.64. The molecule has 0 unspecified atom stereocenters. The van der Waals surface area contributed by atoms with E-state index >= 15 is 0 Å². The normalized spacial score (nSPS) is 16.5. The van der Waals surface area contributed by atoms with E-state index in [0.29, 0.717) is 18.3 Å². The standard InChI is InChI=1S/C15H28O2/c1-2-3-4-5-6-9-12-17-13-15(16)14-10-7-8-11-14/h14H,2-13H2,1H3. The Morgan fingerprint density at radius 3 is 2.41 bits per heavy atom. The highest BCUT2D eigenvalue weighted by molar-refractivity contribution is 5.82. The molecule has 1 saturated carbocycles. The minimum atomic E-state index is 0.319. The summed E-state index contributed by atoms with van der Waals surface area (Å²) in [7, 11) is 0. The van der Waals surface area contributed by atoms with E-state index in [1.165, 1.54) is 44.9 Å². The van der Waals surface area contributed by atoms with Gasteiger partial charge in [0.1, 0.15) is 6.61 Å². The molecular weight excluding hydrogens is 212 g/mol. The van der Waals surface area contributed by atoms with Crippen LogP contribution in [0.2, 0.25) is 0 Å². The first-order chi connectivity index (χ1) is 8.34. The smallest absolute Gasteiger partial charge is 0.161 e. The van der Waals surface area contributed by atoms with Crippen LogP contribution in [0.1, 0.15) is 71.1 Å². The van der Waals surface area contributed by atoms with E-state index < -0.39 is 0 Å². The lowest BCUT2D eigenvalue weighted by molar-refractivity contribution is -0.127. The number of carbonyl (C=O) groups excluding carboxylic acids is 1. The van der Waals surface area contributed by atoms with Gasteiger partial charge in [0.25, 0.3) is 0 Å². The molecule has 1 aliphatic rings. The maximum absolute atomic E-state index is 11.7. The fraction of sp³-hybridized carbons (Fsp3) is 0.933. The van der Waals surface area contributed by atoms with Gasteiger partial charge in [0, 0.05) is 12.5 Å². The Kier molecular flexibility index (Phi) is 8.33. The summed E-state index contributed by atoms with van der Waals surface area (Å²) >= 11 is 0. The number of unbranched alkanes of at least 4 members (excludes halogenated alkanes) is 5. The summed E-state index contributed by atoms with van der Waals surface area (Å²) in [6.45, 7) is 3.36. The zero-order chi connectivity index (χ0) is 12.3. The third-order valence-electron chi connectivity index (χ3n) is 3.70. The summed E-state index contributed by atoms with van der Waals surface area (Å²) in [6.07, 6.45) is 12.3. The second-order valence-electron chi connectivity index (χ2n) is 5.27. The number of Topliss-reactive ketones (excluding diaryl/α,β-unsaturated/α-hetero) is 1. The molecule has 1 rings (SSSR count). The number of hydrogen-bond donors (Lipinski definition) is 0. The molecule has 2 nitrogen and oxygen atoms in total. The maximum atomic E-state index is 11.7. The molecular formula is C15H28O2. The van der Waals surface area contributed by atoms with Gasteiger partial charge in [-0.1, -0.05) is 51.9 Å². The highest BCUT2D eigenvalue weighted by atomic mass is 16.5. The molecule has 100 valence electrons. The van der Waals surface area contributed by atoms with Crippen molar-refractivity contribution in [1.29, 1.82) is 0 Å². The van der Waals surface area contributed by atoms with Crippen LogP contribution in [0.4, 0.5) is 0 Å². The highest BCUT2D eigenvalue weighted by Gasteiger charge is 2.22. The third kappa shape index (κ3) is 6.82. The lowest BCUT2D eigenvalue weighted by Gasteiger charge is -2.08. The summed E-state index contributed by atoms with van der Waals surface area (Å²) in [4.78, 5) is 11.7. The van der Waals surface area contributed by atoms with Gasteiger partial charge in [0.2, 0.25) is 0 Å². The van der Waals surface area contributed by atoms with Crippen molar-refractivity contribution < 1.29 is 9.53 Å². The Labute approximate surface area is 106 Å². The predicted octanol–water partition coefficient (Wildman–Crippen LogP) is 4.12. The molecule has 1 aliphatic carbocycles. The Morgan fingerprint density at radius 2 is 1.71 bits per heavy atom. The molecule has 0 aromatic rings. The first-order valence-electron chi connectivity index (χ1n) is 7.45. The number of ketones is 1. The predicted molar refractivity (Wildman–Crippen MR) is 71.2 cm³/mol. The number of hydrogen-bond acceptors (Lipinski definition) is 2. The Morgan fingerprint density at radius 1 is 1.06 bits per heavy atom. The van der Waals surface area contributed by atoms with Gasteiger partial charge in [0.05, 0.1) is 0 Å². The molecule has 0 aliphatic heterocycles. The summed E-state index contributed by atoms with van der Waals surface area (Å²) in [5.41, 5.74) is 0. The number of carbonyl (C=O) groups is 1. The molecule has 0 atom stereocenters. The molecule has 0 heterocycles. The van der Waals surface area contributed by atoms with Gasteiger partial charge in [-0.15, -0.1) is 0 Å². The van der Waals surface area contributed by atoms with E-state index in [4.69, 9.17) is 4.74 Å². The van der Waals surface area contributed by atoms with Gasteiger partial charge < -0.3 is 4.74 Å². The molecule has 2 heteroatoms. The average molecular weight is 240 g/mol. The Balaban J connectivity index is 1.85. The first-order valence-corrected chi connectivity index (χ1v) is 7.45. The van der Waals surface area contributed by atoms with E-state index in [-0.39, 0.29) is 0 Å². The summed E-state index contributed by atoms with van der Waals surface area (Å²) in [5.74, 6) is 0.660. The molecule has 0 amide bonds. The molecule has 17 heavy (non-hydrogen) atoms. The fourth-order valence-electron chi connectivity index (χ4n) is 2.52. The quantitative estimate of drug-likeness (QED) is 0.537. The van der Waals surface area contributed by atoms with Gasteiger partial charge in [-0.3, -0.25) is 4.79 Å². The molecule has 0 spiro atoms. The van der Waals surface area contributed by atoms with E-state index in [9.17, 15) is 4.79 Å². The van der Waals surface area contributed by atoms with Crippen LogP contribution in [0.3, 0.4) is 0 Å². The van der Waals surface area contributed by atoms with Crippen molar-refractivity contribution in [3.63, 3.8) is 0 Å². The van der Waals surface area contributed by atoms with E-state index in [0.717, 1.165) is 25.9 Å². The van der Waals surface area contributed by atoms with Gasteiger partial charge in [0.15, 0.2) is 5.78 Å². The van der Waals surface area contributed by atoms with Crippen molar-refractivity contribution in [2.24, 2.45) is 5.92 Å². The largest absolute Gasteiger partial charge is 0.374 e. The van der Waals surface area contributed by atoms with Crippen LogP contribution in [-0.2, 0) is 9.53 Å². The van der Waals surface area contributed by atoms with Gasteiger partial charge in [-0.05, 0) is 19.3 Å². The van der Waals surface area contributed by atoms with Crippen LogP contribution in [0.15, 0.2) is 0 Å². The zero-order valence-corrected chi connectivity index (χ0v) is 11.4. The molecule has 0 saturated heterocycles. The summed E-state index contributed by atoms with van der Waals surface area (Å²) < 4.78 is 5.46. The minimum absolute atomic E-state index is 0.319. The first kappa shape index (κ1) is 14.7. The van der Waals surface area contributed by atoms with Crippen molar-refractivity contribution in [2.45, 2.75) is 71.1 Å². The van der Waals surface area contributed by atoms with Gasteiger partial charge in [-0.25, -0.2) is 0 Å². The number of rotatable bonds is 10. The van der Waals surface area contributed by atoms with Crippen LogP contribution >= 0.6 is 0 Å². The van der Waals surface area contributed by atoms with Crippen LogP contribution < -0.4 is 0 Å². The van der Waals surface area contributed by atoms with Crippen molar-refractivity contribution in [1.82, 2.24) is 0 Å². The van der Waals surface area contributed by atoms with Crippen molar-refractivity contribution >= 4 is 5.78 Å². The van der Waals surface area contributed by atoms with Crippen LogP contribution in [0.5, 0.6) is 0 Å². The molecule has 0 aromatic carbocycles. The van der Waals surface area contributed by atoms with Crippen LogP contribution in [0.25, 0.3) is 0 Å². The number of ether oxygens (including phenoxy) is 1. The third-order valence-corrected chi connectivity index (χ3v) is 3.70. The lowest BCUT2D eigenvalue weighted by Crippen LogP contribution is -2.17. The van der Waals surface area contributed by atoms with E-state index in [1.807, 2.05) is 0 Å². The zero-order valence-electron chi connectivity index (χ0n) is 11.4. The Bertz CT molecular complexity index is 195. The monoisotopic (exact) mass is 240 g/mol. The fourth-order valence-corrected chi connectivity index (χ4v) is 2.52. The Hall–Kier alpha value is -0.370.